The molecule has 3 N–H and O–H groups in total. The number of hydrogen-bond donors (Lipinski definition) is 2. The van der Waals surface area contributed by atoms with Gasteiger partial charge in [-0.25, -0.2) is 0 Å². The second-order valence-electron chi connectivity index (χ2n) is 7.10. The largest absolute Gasteiger partial charge is 0.493 e. The van der Waals surface area contributed by atoms with Gasteiger partial charge in [-0.05, 0) is 30.3 Å². The zero-order valence-corrected chi connectivity index (χ0v) is 17.6. The molecule has 0 atom stereocenters. The van der Waals surface area contributed by atoms with Crippen molar-refractivity contribution in [3.8, 4) is 11.5 Å². The molecular formula is C22H26N4O5. The van der Waals surface area contributed by atoms with E-state index < -0.39 is 5.91 Å². The minimum absolute atomic E-state index is 0.0968. The predicted octanol–water partition coefficient (Wildman–Crippen LogP) is 1.20. The fourth-order valence-electron chi connectivity index (χ4n) is 3.46. The molecule has 0 aromatic heterocycles. The molecule has 3 amide bonds. The third-order valence-electron chi connectivity index (χ3n) is 5.12. The number of nitrogens with one attached hydrogen (secondary N) is 1. The molecule has 0 spiro atoms. The van der Waals surface area contributed by atoms with Crippen LogP contribution in [-0.4, -0.2) is 74.5 Å². The molecule has 3 rings (SSSR count). The van der Waals surface area contributed by atoms with Crippen molar-refractivity contribution in [1.29, 1.82) is 0 Å². The molecule has 0 unspecified atom stereocenters. The first-order chi connectivity index (χ1) is 14.9. The minimum atomic E-state index is -0.599. The molecule has 0 radical (unpaired) electrons. The van der Waals surface area contributed by atoms with Crippen molar-refractivity contribution in [3.05, 3.63) is 53.6 Å². The van der Waals surface area contributed by atoms with Crippen molar-refractivity contribution in [2.75, 3.05) is 52.3 Å². The molecule has 1 aliphatic heterocycles. The van der Waals surface area contributed by atoms with E-state index in [4.69, 9.17) is 15.2 Å². The number of para-hydroxylation sites is 1. The highest BCUT2D eigenvalue weighted by Gasteiger charge is 2.24. The third kappa shape index (κ3) is 5.32. The van der Waals surface area contributed by atoms with E-state index in [1.807, 2.05) is 4.90 Å². The molecule has 2 aromatic rings. The smallest absolute Gasteiger partial charge is 0.254 e. The molecule has 9 nitrogen and oxygen atoms in total. The van der Waals surface area contributed by atoms with E-state index in [1.54, 1.807) is 54.5 Å². The lowest BCUT2D eigenvalue weighted by molar-refractivity contribution is -0.117. The molecule has 1 fully saturated rings. The average Bonchev–Trinajstić information content (AvgIpc) is 2.78. The van der Waals surface area contributed by atoms with Crippen molar-refractivity contribution in [3.63, 3.8) is 0 Å². The lowest BCUT2D eigenvalue weighted by Crippen LogP contribution is -2.50. The van der Waals surface area contributed by atoms with E-state index in [9.17, 15) is 14.4 Å². The maximum Gasteiger partial charge on any atom is 0.254 e. The van der Waals surface area contributed by atoms with Crippen LogP contribution in [0.1, 0.15) is 20.7 Å². The summed E-state index contributed by atoms with van der Waals surface area (Å²) < 4.78 is 10.5. The van der Waals surface area contributed by atoms with Crippen molar-refractivity contribution in [2.45, 2.75) is 0 Å². The van der Waals surface area contributed by atoms with E-state index in [1.165, 1.54) is 7.11 Å². The van der Waals surface area contributed by atoms with Crippen LogP contribution in [-0.2, 0) is 4.79 Å². The Balaban J connectivity index is 1.54. The number of amides is 3. The summed E-state index contributed by atoms with van der Waals surface area (Å²) in [7, 11) is 3.07. The highest BCUT2D eigenvalue weighted by atomic mass is 16.5. The Morgan fingerprint density at radius 3 is 2.29 bits per heavy atom. The third-order valence-corrected chi connectivity index (χ3v) is 5.12. The Kier molecular flexibility index (Phi) is 7.09. The van der Waals surface area contributed by atoms with Crippen LogP contribution in [0.3, 0.4) is 0 Å². The second-order valence-corrected chi connectivity index (χ2v) is 7.10. The number of nitrogens with two attached hydrogens (primary N) is 1. The Hall–Kier alpha value is -3.59. The summed E-state index contributed by atoms with van der Waals surface area (Å²) in [5.41, 5.74) is 6.52. The lowest BCUT2D eigenvalue weighted by Gasteiger charge is -2.34. The van der Waals surface area contributed by atoms with Crippen LogP contribution in [0.5, 0.6) is 11.5 Å². The molecule has 1 aliphatic rings. The monoisotopic (exact) mass is 426 g/mol. The average molecular weight is 426 g/mol. The van der Waals surface area contributed by atoms with Crippen molar-refractivity contribution in [2.24, 2.45) is 5.73 Å². The Labute approximate surface area is 180 Å². The highest BCUT2D eigenvalue weighted by molar-refractivity contribution is 6.03. The van der Waals surface area contributed by atoms with E-state index >= 15 is 0 Å². The topological polar surface area (TPSA) is 114 Å². The molecular weight excluding hydrogens is 400 g/mol. The van der Waals surface area contributed by atoms with Gasteiger partial charge in [0.15, 0.2) is 11.5 Å². The number of carbonyl (C=O) groups excluding carboxylic acids is 3. The molecule has 164 valence electrons. The first kappa shape index (κ1) is 22.1. The van der Waals surface area contributed by atoms with E-state index in [2.05, 4.69) is 5.32 Å². The standard InChI is InChI=1S/C22H26N4O5/c1-30-18-8-7-15(13-19(18)31-2)22(29)26-11-9-25(10-12-26)14-20(27)24-17-6-4-3-5-16(17)21(23)28/h3-8,13H,9-12,14H2,1-2H3,(H2,23,28)(H,24,27). The van der Waals surface area contributed by atoms with Crippen molar-refractivity contribution < 1.29 is 23.9 Å². The summed E-state index contributed by atoms with van der Waals surface area (Å²) in [6.45, 7) is 2.27. The normalized spacial score (nSPS) is 14.1. The highest BCUT2D eigenvalue weighted by Crippen LogP contribution is 2.28. The van der Waals surface area contributed by atoms with Gasteiger partial charge < -0.3 is 25.4 Å². The first-order valence-corrected chi connectivity index (χ1v) is 9.85. The van der Waals surface area contributed by atoms with Gasteiger partial charge in [-0.15, -0.1) is 0 Å². The quantitative estimate of drug-likeness (QED) is 0.688. The molecule has 0 saturated carbocycles. The van der Waals surface area contributed by atoms with Gasteiger partial charge in [0.05, 0.1) is 32.0 Å². The molecule has 1 saturated heterocycles. The van der Waals surface area contributed by atoms with E-state index in [0.717, 1.165) is 0 Å². The summed E-state index contributed by atoms with van der Waals surface area (Å²) in [4.78, 5) is 40.4. The Morgan fingerprint density at radius 1 is 0.968 bits per heavy atom. The van der Waals surface area contributed by atoms with E-state index in [0.29, 0.717) is 48.9 Å². The summed E-state index contributed by atoms with van der Waals surface area (Å²) in [5.74, 6) is 0.125. The van der Waals surface area contributed by atoms with Gasteiger partial charge in [0.1, 0.15) is 0 Å². The van der Waals surface area contributed by atoms with Crippen LogP contribution in [0.25, 0.3) is 0 Å². The molecule has 1 heterocycles. The summed E-state index contributed by atoms with van der Waals surface area (Å²) >= 11 is 0. The van der Waals surface area contributed by atoms with Crippen LogP contribution in [0, 0.1) is 0 Å². The molecule has 0 aliphatic carbocycles. The fraction of sp³-hybridized carbons (Fsp3) is 0.318. The molecule has 9 heteroatoms. The van der Waals surface area contributed by atoms with Crippen LogP contribution in [0.2, 0.25) is 0 Å². The number of carbonyl (C=O) groups is 3. The van der Waals surface area contributed by atoms with Crippen molar-refractivity contribution >= 4 is 23.4 Å². The van der Waals surface area contributed by atoms with Crippen molar-refractivity contribution in [1.82, 2.24) is 9.80 Å². The van der Waals surface area contributed by atoms with Crippen LogP contribution in [0.4, 0.5) is 5.69 Å². The lowest BCUT2D eigenvalue weighted by atomic mass is 10.1. The number of nitrogens with zero attached hydrogens (tertiary/aromatic N) is 2. The number of hydrogen-bond acceptors (Lipinski definition) is 6. The van der Waals surface area contributed by atoms with Gasteiger partial charge >= 0.3 is 0 Å². The molecule has 31 heavy (non-hydrogen) atoms. The summed E-state index contributed by atoms with van der Waals surface area (Å²) in [6.07, 6.45) is 0. The van der Waals surface area contributed by atoms with E-state index in [-0.39, 0.29) is 23.9 Å². The van der Waals surface area contributed by atoms with Gasteiger partial charge in [-0.2, -0.15) is 0 Å². The maximum absolute atomic E-state index is 12.8. The summed E-state index contributed by atoms with van der Waals surface area (Å²) in [6, 6.07) is 11.7. The van der Waals surface area contributed by atoms with Crippen LogP contribution < -0.4 is 20.5 Å². The summed E-state index contributed by atoms with van der Waals surface area (Å²) in [5, 5.41) is 2.73. The minimum Gasteiger partial charge on any atom is -0.493 e. The number of benzene rings is 2. The molecule has 2 aromatic carbocycles. The number of primary amides is 1. The number of rotatable bonds is 7. The predicted molar refractivity (Wildman–Crippen MR) is 115 cm³/mol. The van der Waals surface area contributed by atoms with Crippen LogP contribution in [0.15, 0.2) is 42.5 Å². The molecule has 0 bridgehead atoms. The SMILES string of the molecule is COc1ccc(C(=O)N2CCN(CC(=O)Nc3ccccc3C(N)=O)CC2)cc1OC. The van der Waals surface area contributed by atoms with Gasteiger partial charge in [-0.1, -0.05) is 12.1 Å². The van der Waals surface area contributed by atoms with Gasteiger partial charge in [0, 0.05) is 31.7 Å². The Bertz CT molecular complexity index is 970. The van der Waals surface area contributed by atoms with Gasteiger partial charge in [0.25, 0.3) is 11.8 Å². The zero-order valence-electron chi connectivity index (χ0n) is 17.6. The fourth-order valence-corrected chi connectivity index (χ4v) is 3.46. The first-order valence-electron chi connectivity index (χ1n) is 9.85. The van der Waals surface area contributed by atoms with Crippen LogP contribution >= 0.6 is 0 Å². The Morgan fingerprint density at radius 2 is 1.65 bits per heavy atom. The van der Waals surface area contributed by atoms with Gasteiger partial charge in [-0.3, -0.25) is 19.3 Å². The second kappa shape index (κ2) is 9.94. The number of ether oxygens (including phenoxy) is 2. The number of anilines is 1. The van der Waals surface area contributed by atoms with Gasteiger partial charge in [0.2, 0.25) is 5.91 Å². The maximum atomic E-state index is 12.8. The zero-order chi connectivity index (χ0) is 22.4. The number of methoxy groups -OCH3 is 2. The number of piperazine rings is 1.